The number of thiocarbonyl (C=S) groups is 1. The summed E-state index contributed by atoms with van der Waals surface area (Å²) < 4.78 is 0. The fourth-order valence-corrected chi connectivity index (χ4v) is 1.89. The molecule has 0 heterocycles. The van der Waals surface area contributed by atoms with Gasteiger partial charge in [0.25, 0.3) is 0 Å². The predicted molar refractivity (Wildman–Crippen MR) is 70.1 cm³/mol. The van der Waals surface area contributed by atoms with Crippen molar-refractivity contribution >= 4 is 17.3 Å². The maximum Gasteiger partial charge on any atom is 0.166 e. The van der Waals surface area contributed by atoms with Gasteiger partial charge in [0.2, 0.25) is 0 Å². The van der Waals surface area contributed by atoms with Crippen LogP contribution in [-0.2, 0) is 0 Å². The lowest BCUT2D eigenvalue weighted by molar-refractivity contribution is 0.445. The van der Waals surface area contributed by atoms with Gasteiger partial charge in [-0.1, -0.05) is 33.1 Å². The number of rotatable bonds is 7. The zero-order chi connectivity index (χ0) is 11.1. The summed E-state index contributed by atoms with van der Waals surface area (Å²) >= 11 is 5.23. The van der Waals surface area contributed by atoms with Crippen LogP contribution in [-0.4, -0.2) is 17.7 Å². The van der Waals surface area contributed by atoms with Crippen molar-refractivity contribution < 1.29 is 0 Å². The van der Waals surface area contributed by atoms with Gasteiger partial charge < -0.3 is 10.6 Å². The van der Waals surface area contributed by atoms with Crippen LogP contribution in [0.25, 0.3) is 0 Å². The summed E-state index contributed by atoms with van der Waals surface area (Å²) in [5, 5.41) is 7.50. The molecular formula is C12H24N2S. The number of unbranched alkanes of at least 4 members (excludes halogenated alkanes) is 1. The minimum atomic E-state index is 0.667. The van der Waals surface area contributed by atoms with E-state index in [1.54, 1.807) is 0 Å². The minimum absolute atomic E-state index is 0.667. The van der Waals surface area contributed by atoms with Gasteiger partial charge >= 0.3 is 0 Å². The third-order valence-corrected chi connectivity index (χ3v) is 3.27. The second-order valence-corrected chi connectivity index (χ2v) is 4.95. The van der Waals surface area contributed by atoms with E-state index in [9.17, 15) is 0 Å². The second kappa shape index (κ2) is 7.04. The van der Waals surface area contributed by atoms with E-state index < -0.39 is 0 Å². The molecule has 0 aromatic heterocycles. The molecule has 1 unspecified atom stereocenters. The molecule has 1 saturated carbocycles. The van der Waals surface area contributed by atoms with Crippen LogP contribution in [0.3, 0.4) is 0 Å². The molecule has 0 aromatic carbocycles. The van der Waals surface area contributed by atoms with Gasteiger partial charge in [-0.3, -0.25) is 0 Å². The van der Waals surface area contributed by atoms with Gasteiger partial charge in [0.15, 0.2) is 5.11 Å². The van der Waals surface area contributed by atoms with Crippen LogP contribution in [0, 0.1) is 5.92 Å². The SMILES string of the molecule is CCCCC(CC)CNC(=S)NC1CC1. The van der Waals surface area contributed by atoms with Crippen molar-refractivity contribution in [2.75, 3.05) is 6.54 Å². The van der Waals surface area contributed by atoms with Crippen LogP contribution in [0.1, 0.15) is 52.4 Å². The number of hydrogen-bond donors (Lipinski definition) is 2. The lowest BCUT2D eigenvalue weighted by atomic mass is 9.99. The maximum atomic E-state index is 5.23. The van der Waals surface area contributed by atoms with E-state index in [-0.39, 0.29) is 0 Å². The molecule has 1 rings (SSSR count). The highest BCUT2D eigenvalue weighted by molar-refractivity contribution is 7.80. The van der Waals surface area contributed by atoms with E-state index in [1.807, 2.05) is 0 Å². The summed E-state index contributed by atoms with van der Waals surface area (Å²) in [6.45, 7) is 5.55. The molecule has 2 nitrogen and oxygen atoms in total. The zero-order valence-electron chi connectivity index (χ0n) is 10.0. The van der Waals surface area contributed by atoms with E-state index in [2.05, 4.69) is 24.5 Å². The van der Waals surface area contributed by atoms with Gasteiger partial charge in [-0.25, -0.2) is 0 Å². The first kappa shape index (κ1) is 12.8. The molecule has 0 spiro atoms. The first-order chi connectivity index (χ1) is 7.26. The van der Waals surface area contributed by atoms with Crippen LogP contribution >= 0.6 is 12.2 Å². The Hall–Kier alpha value is -0.310. The van der Waals surface area contributed by atoms with Crippen molar-refractivity contribution in [3.8, 4) is 0 Å². The molecule has 15 heavy (non-hydrogen) atoms. The third-order valence-electron chi connectivity index (χ3n) is 3.01. The molecule has 0 amide bonds. The molecule has 88 valence electrons. The average Bonchev–Trinajstić information content (AvgIpc) is 3.02. The lowest BCUT2D eigenvalue weighted by Crippen LogP contribution is -2.39. The highest BCUT2D eigenvalue weighted by atomic mass is 32.1. The normalized spacial score (nSPS) is 17.2. The topological polar surface area (TPSA) is 24.1 Å². The van der Waals surface area contributed by atoms with Crippen molar-refractivity contribution in [1.29, 1.82) is 0 Å². The molecule has 0 radical (unpaired) electrons. The van der Waals surface area contributed by atoms with Gasteiger partial charge in [-0.15, -0.1) is 0 Å². The van der Waals surface area contributed by atoms with Crippen LogP contribution in [0.4, 0.5) is 0 Å². The summed E-state index contributed by atoms with van der Waals surface area (Å²) in [5.41, 5.74) is 0. The molecule has 2 N–H and O–H groups in total. The zero-order valence-corrected chi connectivity index (χ0v) is 10.8. The molecule has 0 aliphatic heterocycles. The lowest BCUT2D eigenvalue weighted by Gasteiger charge is -2.17. The van der Waals surface area contributed by atoms with Crippen LogP contribution < -0.4 is 10.6 Å². The van der Waals surface area contributed by atoms with E-state index in [0.29, 0.717) is 6.04 Å². The first-order valence-corrected chi connectivity index (χ1v) is 6.71. The maximum absolute atomic E-state index is 5.23. The van der Waals surface area contributed by atoms with E-state index in [1.165, 1.54) is 38.5 Å². The quantitative estimate of drug-likeness (QED) is 0.655. The number of nitrogens with one attached hydrogen (secondary N) is 2. The standard InChI is InChI=1S/C12H24N2S/c1-3-5-6-10(4-2)9-13-12(15)14-11-7-8-11/h10-11H,3-9H2,1-2H3,(H2,13,14,15). The minimum Gasteiger partial charge on any atom is -0.362 e. The van der Waals surface area contributed by atoms with Gasteiger partial charge in [-0.2, -0.15) is 0 Å². The first-order valence-electron chi connectivity index (χ1n) is 6.30. The molecule has 1 atom stereocenters. The summed E-state index contributed by atoms with van der Waals surface area (Å²) in [4.78, 5) is 0. The summed E-state index contributed by atoms with van der Waals surface area (Å²) in [6.07, 6.45) is 7.78. The third kappa shape index (κ3) is 5.98. The van der Waals surface area contributed by atoms with Crippen LogP contribution in [0.5, 0.6) is 0 Å². The Morgan fingerprint density at radius 2 is 2.13 bits per heavy atom. The monoisotopic (exact) mass is 228 g/mol. The van der Waals surface area contributed by atoms with Crippen LogP contribution in [0.15, 0.2) is 0 Å². The predicted octanol–water partition coefficient (Wildman–Crippen LogP) is 2.83. The average molecular weight is 228 g/mol. The fraction of sp³-hybridized carbons (Fsp3) is 0.917. The summed E-state index contributed by atoms with van der Waals surface area (Å²) in [6, 6.07) is 0.667. The van der Waals surface area contributed by atoms with Crippen molar-refractivity contribution in [2.24, 2.45) is 5.92 Å². The van der Waals surface area contributed by atoms with Crippen molar-refractivity contribution in [3.63, 3.8) is 0 Å². The summed E-state index contributed by atoms with van der Waals surface area (Å²) in [7, 11) is 0. The van der Waals surface area contributed by atoms with Crippen LogP contribution in [0.2, 0.25) is 0 Å². The van der Waals surface area contributed by atoms with Crippen molar-refractivity contribution in [1.82, 2.24) is 10.6 Å². The summed E-state index contributed by atoms with van der Waals surface area (Å²) in [5.74, 6) is 0.781. The molecular weight excluding hydrogens is 204 g/mol. The molecule has 1 aliphatic carbocycles. The highest BCUT2D eigenvalue weighted by Gasteiger charge is 2.21. The Balaban J connectivity index is 2.06. The molecule has 3 heteroatoms. The van der Waals surface area contributed by atoms with Gasteiger partial charge in [0.05, 0.1) is 0 Å². The van der Waals surface area contributed by atoms with Gasteiger partial charge in [-0.05, 0) is 37.4 Å². The van der Waals surface area contributed by atoms with E-state index in [0.717, 1.165) is 17.6 Å². The Labute approximate surface area is 99.2 Å². The molecule has 0 saturated heterocycles. The fourth-order valence-electron chi connectivity index (χ4n) is 1.64. The second-order valence-electron chi connectivity index (χ2n) is 4.55. The Morgan fingerprint density at radius 1 is 1.40 bits per heavy atom. The van der Waals surface area contributed by atoms with Crippen molar-refractivity contribution in [3.05, 3.63) is 0 Å². The van der Waals surface area contributed by atoms with Crippen molar-refractivity contribution in [2.45, 2.75) is 58.4 Å². The molecule has 1 fully saturated rings. The Bertz CT molecular complexity index is 190. The van der Waals surface area contributed by atoms with Gasteiger partial charge in [0, 0.05) is 12.6 Å². The smallest absolute Gasteiger partial charge is 0.166 e. The Morgan fingerprint density at radius 3 is 2.67 bits per heavy atom. The number of hydrogen-bond acceptors (Lipinski definition) is 1. The largest absolute Gasteiger partial charge is 0.362 e. The molecule has 1 aliphatic rings. The molecule has 0 bridgehead atoms. The van der Waals surface area contributed by atoms with E-state index >= 15 is 0 Å². The highest BCUT2D eigenvalue weighted by Crippen LogP contribution is 2.18. The van der Waals surface area contributed by atoms with E-state index in [4.69, 9.17) is 12.2 Å². The van der Waals surface area contributed by atoms with Gasteiger partial charge in [0.1, 0.15) is 0 Å². The Kier molecular flexibility index (Phi) is 5.99. The molecule has 0 aromatic rings.